The van der Waals surface area contributed by atoms with Crippen LogP contribution < -0.4 is 0 Å². The number of rotatable bonds is 3. The molecule has 1 aromatic heterocycles. The lowest BCUT2D eigenvalue weighted by Gasteiger charge is -2.00. The predicted octanol–water partition coefficient (Wildman–Crippen LogP) is 1.42. The molecule has 2 nitrogen and oxygen atoms in total. The highest BCUT2D eigenvalue weighted by atomic mass is 32.1. The molecule has 0 amide bonds. The maximum atomic E-state index is 8.71. The van der Waals surface area contributed by atoms with Gasteiger partial charge in [-0.15, -0.1) is 11.3 Å². The van der Waals surface area contributed by atoms with Crippen LogP contribution in [0.3, 0.4) is 0 Å². The van der Waals surface area contributed by atoms with E-state index in [9.17, 15) is 0 Å². The molecule has 0 radical (unpaired) electrons. The van der Waals surface area contributed by atoms with Gasteiger partial charge in [-0.3, -0.25) is 0 Å². The summed E-state index contributed by atoms with van der Waals surface area (Å²) < 4.78 is 0. The molecule has 0 bridgehead atoms. The zero-order valence-corrected chi connectivity index (χ0v) is 6.84. The minimum Gasteiger partial charge on any atom is -0.395 e. The van der Waals surface area contributed by atoms with Gasteiger partial charge in [-0.2, -0.15) is 5.26 Å². The number of thiophene rings is 1. The molecule has 0 aromatic carbocycles. The molecule has 0 fully saturated rings. The minimum atomic E-state index is -0.242. The van der Waals surface area contributed by atoms with Gasteiger partial charge in [0.2, 0.25) is 0 Å². The molecule has 0 saturated heterocycles. The molecule has 3 heteroatoms. The minimum absolute atomic E-state index is 0.0472. The van der Waals surface area contributed by atoms with Crippen LogP contribution in [0.1, 0.15) is 4.88 Å². The summed E-state index contributed by atoms with van der Waals surface area (Å²) in [6.07, 6.45) is 0.671. The van der Waals surface area contributed by atoms with Crippen LogP contribution in [-0.4, -0.2) is 11.7 Å². The second-order valence-corrected chi connectivity index (χ2v) is 3.32. The molecular weight excluding hydrogens is 158 g/mol. The molecule has 0 saturated carbocycles. The first-order valence-electron chi connectivity index (χ1n) is 3.39. The largest absolute Gasteiger partial charge is 0.395 e. The van der Waals surface area contributed by atoms with Gasteiger partial charge in [0.25, 0.3) is 0 Å². The summed E-state index contributed by atoms with van der Waals surface area (Å²) in [6, 6.07) is 5.97. The molecule has 1 unspecified atom stereocenters. The Morgan fingerprint density at radius 1 is 1.73 bits per heavy atom. The Bertz CT molecular complexity index is 237. The summed E-state index contributed by atoms with van der Waals surface area (Å²) in [5, 5.41) is 19.2. The van der Waals surface area contributed by atoms with Gasteiger partial charge in [-0.1, -0.05) is 6.07 Å². The molecule has 1 heterocycles. The lowest BCUT2D eigenvalue weighted by molar-refractivity contribution is 0.256. The van der Waals surface area contributed by atoms with Crippen molar-refractivity contribution in [2.24, 2.45) is 5.92 Å². The first-order valence-corrected chi connectivity index (χ1v) is 4.27. The van der Waals surface area contributed by atoms with E-state index in [0.717, 1.165) is 4.88 Å². The lowest BCUT2D eigenvalue weighted by Crippen LogP contribution is -2.05. The molecule has 11 heavy (non-hydrogen) atoms. The SMILES string of the molecule is N#CC(CO)Cc1cccs1. The zero-order valence-electron chi connectivity index (χ0n) is 6.03. The average Bonchev–Trinajstić information content (AvgIpc) is 2.52. The van der Waals surface area contributed by atoms with E-state index in [1.165, 1.54) is 0 Å². The van der Waals surface area contributed by atoms with Crippen LogP contribution in [0, 0.1) is 17.2 Å². The maximum absolute atomic E-state index is 8.71. The van der Waals surface area contributed by atoms with E-state index in [-0.39, 0.29) is 12.5 Å². The Balaban J connectivity index is 2.49. The van der Waals surface area contributed by atoms with Crippen LogP contribution in [0.2, 0.25) is 0 Å². The van der Waals surface area contributed by atoms with Gasteiger partial charge in [0.05, 0.1) is 18.6 Å². The Morgan fingerprint density at radius 2 is 2.55 bits per heavy atom. The van der Waals surface area contributed by atoms with Crippen molar-refractivity contribution in [2.75, 3.05) is 6.61 Å². The van der Waals surface area contributed by atoms with Crippen molar-refractivity contribution in [3.05, 3.63) is 22.4 Å². The molecule has 0 aliphatic carbocycles. The van der Waals surface area contributed by atoms with E-state index in [2.05, 4.69) is 0 Å². The maximum Gasteiger partial charge on any atom is 0.0742 e. The molecule has 1 aromatic rings. The molecular formula is C8H9NOS. The van der Waals surface area contributed by atoms with Crippen LogP contribution >= 0.6 is 11.3 Å². The van der Waals surface area contributed by atoms with E-state index in [4.69, 9.17) is 10.4 Å². The fraction of sp³-hybridized carbons (Fsp3) is 0.375. The highest BCUT2D eigenvalue weighted by Crippen LogP contribution is 2.13. The third-order valence-corrected chi connectivity index (χ3v) is 2.33. The summed E-state index contributed by atoms with van der Waals surface area (Å²) >= 11 is 1.62. The van der Waals surface area contributed by atoms with Crippen molar-refractivity contribution in [2.45, 2.75) is 6.42 Å². The van der Waals surface area contributed by atoms with Gasteiger partial charge < -0.3 is 5.11 Å². The van der Waals surface area contributed by atoms with Crippen molar-refractivity contribution < 1.29 is 5.11 Å². The Morgan fingerprint density at radius 3 is 3.00 bits per heavy atom. The zero-order chi connectivity index (χ0) is 8.10. The Labute approximate surface area is 69.7 Å². The number of aliphatic hydroxyl groups excluding tert-OH is 1. The topological polar surface area (TPSA) is 44.0 Å². The number of nitrogens with zero attached hydrogens (tertiary/aromatic N) is 1. The van der Waals surface area contributed by atoms with Crippen molar-refractivity contribution in [3.63, 3.8) is 0 Å². The highest BCUT2D eigenvalue weighted by Gasteiger charge is 2.06. The van der Waals surface area contributed by atoms with E-state index < -0.39 is 0 Å². The smallest absolute Gasteiger partial charge is 0.0742 e. The van der Waals surface area contributed by atoms with Crippen molar-refractivity contribution in [1.82, 2.24) is 0 Å². The molecule has 58 valence electrons. The van der Waals surface area contributed by atoms with Gasteiger partial charge in [0, 0.05) is 4.88 Å². The first kappa shape index (κ1) is 8.25. The quantitative estimate of drug-likeness (QED) is 0.740. The second-order valence-electron chi connectivity index (χ2n) is 2.29. The van der Waals surface area contributed by atoms with E-state index in [1.807, 2.05) is 23.6 Å². The molecule has 0 aliphatic rings. The Hall–Kier alpha value is -0.850. The first-order chi connectivity index (χ1) is 5.36. The van der Waals surface area contributed by atoms with Crippen LogP contribution in [0.5, 0.6) is 0 Å². The lowest BCUT2D eigenvalue weighted by atomic mass is 10.1. The number of nitriles is 1. The summed E-state index contributed by atoms with van der Waals surface area (Å²) in [6.45, 7) is -0.0472. The third kappa shape index (κ3) is 2.34. The molecule has 1 N–H and O–H groups in total. The van der Waals surface area contributed by atoms with Crippen molar-refractivity contribution >= 4 is 11.3 Å². The summed E-state index contributed by atoms with van der Waals surface area (Å²) in [7, 11) is 0. The van der Waals surface area contributed by atoms with E-state index in [0.29, 0.717) is 6.42 Å². The number of hydrogen-bond acceptors (Lipinski definition) is 3. The van der Waals surface area contributed by atoms with Gasteiger partial charge in [-0.05, 0) is 17.9 Å². The van der Waals surface area contributed by atoms with Crippen molar-refractivity contribution in [3.8, 4) is 6.07 Å². The van der Waals surface area contributed by atoms with E-state index >= 15 is 0 Å². The predicted molar refractivity (Wildman–Crippen MR) is 44.2 cm³/mol. The highest BCUT2D eigenvalue weighted by molar-refractivity contribution is 7.09. The van der Waals surface area contributed by atoms with E-state index in [1.54, 1.807) is 11.3 Å². The van der Waals surface area contributed by atoms with Gasteiger partial charge >= 0.3 is 0 Å². The number of hydrogen-bond donors (Lipinski definition) is 1. The monoisotopic (exact) mass is 167 g/mol. The standard InChI is InChI=1S/C8H9NOS/c9-5-7(6-10)4-8-2-1-3-11-8/h1-3,7,10H,4,6H2. The third-order valence-electron chi connectivity index (χ3n) is 1.43. The second kappa shape index (κ2) is 4.12. The van der Waals surface area contributed by atoms with Gasteiger partial charge in [0.15, 0.2) is 0 Å². The summed E-state index contributed by atoms with van der Waals surface area (Å²) in [5.41, 5.74) is 0. The van der Waals surface area contributed by atoms with Crippen LogP contribution in [0.25, 0.3) is 0 Å². The van der Waals surface area contributed by atoms with Gasteiger partial charge in [-0.25, -0.2) is 0 Å². The fourth-order valence-electron chi connectivity index (χ4n) is 0.823. The molecule has 1 rings (SSSR count). The normalized spacial score (nSPS) is 12.4. The van der Waals surface area contributed by atoms with Crippen LogP contribution in [0.4, 0.5) is 0 Å². The van der Waals surface area contributed by atoms with Gasteiger partial charge in [0.1, 0.15) is 0 Å². The molecule has 0 spiro atoms. The average molecular weight is 167 g/mol. The van der Waals surface area contributed by atoms with Crippen LogP contribution in [-0.2, 0) is 6.42 Å². The van der Waals surface area contributed by atoms with Crippen molar-refractivity contribution in [1.29, 1.82) is 5.26 Å². The summed E-state index contributed by atoms with van der Waals surface area (Å²) in [5.74, 6) is -0.242. The molecule has 1 atom stereocenters. The molecule has 0 aliphatic heterocycles. The number of aliphatic hydroxyl groups is 1. The Kier molecular flexibility index (Phi) is 3.09. The summed E-state index contributed by atoms with van der Waals surface area (Å²) in [4.78, 5) is 1.16. The van der Waals surface area contributed by atoms with Crippen LogP contribution in [0.15, 0.2) is 17.5 Å². The fourth-order valence-corrected chi connectivity index (χ4v) is 1.61.